The molecule has 0 heterocycles. The highest BCUT2D eigenvalue weighted by Crippen LogP contribution is 2.35. The average molecular weight is 495 g/mol. The van der Waals surface area contributed by atoms with E-state index >= 15 is 0 Å². The van der Waals surface area contributed by atoms with Crippen LogP contribution < -0.4 is 0 Å². The summed E-state index contributed by atoms with van der Waals surface area (Å²) in [6.07, 6.45) is 21.2. The van der Waals surface area contributed by atoms with E-state index in [9.17, 15) is 9.36 Å². The van der Waals surface area contributed by atoms with Crippen molar-refractivity contribution in [2.24, 2.45) is 5.92 Å². The summed E-state index contributed by atoms with van der Waals surface area (Å²) in [4.78, 5) is 29.4. The van der Waals surface area contributed by atoms with Crippen molar-refractivity contribution >= 4 is 13.8 Å². The Morgan fingerprint density at radius 3 is 1.64 bits per heavy atom. The largest absolute Gasteiger partial charge is 0.469 e. The average Bonchev–Trinajstić information content (AvgIpc) is 2.77. The third kappa shape index (κ3) is 24.5. The van der Waals surface area contributed by atoms with Gasteiger partial charge in [-0.25, -0.2) is 4.57 Å². The molecule has 8 heteroatoms. The molecular formula is C25H51O7P. The topological polar surface area (TPSA) is 102 Å². The van der Waals surface area contributed by atoms with E-state index in [0.717, 1.165) is 25.7 Å². The van der Waals surface area contributed by atoms with Gasteiger partial charge >= 0.3 is 13.8 Å². The van der Waals surface area contributed by atoms with Crippen LogP contribution in [0.15, 0.2) is 0 Å². The van der Waals surface area contributed by atoms with Crippen LogP contribution in [0.2, 0.25) is 0 Å². The predicted octanol–water partition coefficient (Wildman–Crippen LogP) is 6.94. The molecule has 2 N–H and O–H groups in total. The maximum Gasteiger partial charge on any atom is 0.469 e. The van der Waals surface area contributed by atoms with E-state index in [1.165, 1.54) is 83.5 Å². The van der Waals surface area contributed by atoms with Crippen LogP contribution in [0.4, 0.5) is 0 Å². The Bertz CT molecular complexity index is 481. The monoisotopic (exact) mass is 494 g/mol. The van der Waals surface area contributed by atoms with Crippen LogP contribution in [0.25, 0.3) is 0 Å². The number of esters is 1. The summed E-state index contributed by atoms with van der Waals surface area (Å²) in [6, 6.07) is 0. The lowest BCUT2D eigenvalue weighted by Crippen LogP contribution is -2.20. The molecule has 0 amide bonds. The van der Waals surface area contributed by atoms with Crippen LogP contribution in [-0.4, -0.2) is 42.2 Å². The summed E-state index contributed by atoms with van der Waals surface area (Å²) >= 11 is 0. The zero-order valence-electron chi connectivity index (χ0n) is 21.3. The highest BCUT2D eigenvalue weighted by molar-refractivity contribution is 7.46. The van der Waals surface area contributed by atoms with Crippen LogP contribution in [0, 0.1) is 5.92 Å². The van der Waals surface area contributed by atoms with E-state index in [1.807, 2.05) is 0 Å². The van der Waals surface area contributed by atoms with Crippen molar-refractivity contribution < 1.29 is 33.1 Å². The van der Waals surface area contributed by atoms with Gasteiger partial charge in [-0.05, 0) is 12.8 Å². The Labute approximate surface area is 202 Å². The number of phosphoric ester groups is 1. The first-order valence-corrected chi connectivity index (χ1v) is 14.9. The minimum absolute atomic E-state index is 0.0418. The van der Waals surface area contributed by atoms with Crippen molar-refractivity contribution in [2.75, 3.05) is 26.4 Å². The van der Waals surface area contributed by atoms with Gasteiger partial charge in [0.25, 0.3) is 0 Å². The molecule has 198 valence electrons. The highest BCUT2D eigenvalue weighted by Gasteiger charge is 2.18. The molecule has 0 saturated heterocycles. The Morgan fingerprint density at radius 1 is 0.667 bits per heavy atom. The molecule has 0 spiro atoms. The van der Waals surface area contributed by atoms with Crippen molar-refractivity contribution in [3.05, 3.63) is 0 Å². The van der Waals surface area contributed by atoms with E-state index in [2.05, 4.69) is 18.4 Å². The lowest BCUT2D eigenvalue weighted by Gasteiger charge is -2.15. The van der Waals surface area contributed by atoms with Crippen LogP contribution in [0.5, 0.6) is 0 Å². The Balaban J connectivity index is 3.61. The van der Waals surface area contributed by atoms with Gasteiger partial charge in [-0.3, -0.25) is 9.32 Å². The summed E-state index contributed by atoms with van der Waals surface area (Å²) in [7, 11) is -4.45. The zero-order valence-corrected chi connectivity index (χ0v) is 22.2. The predicted molar refractivity (Wildman–Crippen MR) is 133 cm³/mol. The Morgan fingerprint density at radius 2 is 1.15 bits per heavy atom. The molecule has 0 aliphatic carbocycles. The van der Waals surface area contributed by atoms with Gasteiger partial charge in [0.1, 0.15) is 6.61 Å². The molecule has 33 heavy (non-hydrogen) atoms. The summed E-state index contributed by atoms with van der Waals surface area (Å²) in [5.74, 6) is -0.216. The molecule has 0 fully saturated rings. The van der Waals surface area contributed by atoms with Crippen LogP contribution in [0.3, 0.4) is 0 Å². The van der Waals surface area contributed by atoms with Crippen molar-refractivity contribution in [1.82, 2.24) is 0 Å². The van der Waals surface area contributed by atoms with Gasteiger partial charge in [0.05, 0.1) is 25.7 Å². The number of phosphoric acid groups is 1. The smallest absolute Gasteiger partial charge is 0.463 e. The fraction of sp³-hybridized carbons (Fsp3) is 0.960. The number of unbranched alkanes of at least 4 members (excludes halogenated alkanes) is 13. The van der Waals surface area contributed by atoms with Gasteiger partial charge in [-0.1, -0.05) is 110 Å². The quantitative estimate of drug-likeness (QED) is 0.0804. The first kappa shape index (κ1) is 32.5. The fourth-order valence-corrected chi connectivity index (χ4v) is 4.26. The van der Waals surface area contributed by atoms with E-state index in [1.54, 1.807) is 0 Å². The minimum Gasteiger partial charge on any atom is -0.463 e. The molecule has 0 aromatic heterocycles. The summed E-state index contributed by atoms with van der Waals surface area (Å²) in [5, 5.41) is 0. The Hall–Kier alpha value is -0.460. The molecule has 0 saturated carbocycles. The molecule has 0 rings (SSSR count). The minimum atomic E-state index is -4.45. The SMILES string of the molecule is CCCCCCCCCCCCCCCCC(CCC)C(=O)OCCOCCOP(=O)(O)O. The van der Waals surface area contributed by atoms with Crippen LogP contribution in [0.1, 0.15) is 123 Å². The molecular weight excluding hydrogens is 443 g/mol. The van der Waals surface area contributed by atoms with Crippen molar-refractivity contribution in [3.8, 4) is 0 Å². The van der Waals surface area contributed by atoms with Crippen molar-refractivity contribution in [1.29, 1.82) is 0 Å². The van der Waals surface area contributed by atoms with Crippen LogP contribution >= 0.6 is 7.82 Å². The van der Waals surface area contributed by atoms with Crippen molar-refractivity contribution in [2.45, 2.75) is 123 Å². The number of carbonyl (C=O) groups is 1. The van der Waals surface area contributed by atoms with Gasteiger partial charge in [0.15, 0.2) is 0 Å². The van der Waals surface area contributed by atoms with Gasteiger partial charge in [0, 0.05) is 0 Å². The second kappa shape index (κ2) is 23.3. The number of carbonyl (C=O) groups excluding carboxylic acids is 1. The lowest BCUT2D eigenvalue weighted by molar-refractivity contribution is -0.150. The molecule has 0 bridgehead atoms. The first-order chi connectivity index (χ1) is 15.9. The summed E-state index contributed by atoms with van der Waals surface area (Å²) in [6.45, 7) is 4.52. The normalized spacial score (nSPS) is 12.7. The second-order valence-electron chi connectivity index (χ2n) is 8.97. The standard InChI is InChI=1S/C25H51O7P/c1-3-5-6-7-8-9-10-11-12-13-14-15-16-17-19-24(18-4-2)25(26)31-22-20-30-21-23-32-33(27,28)29/h24H,3-23H2,1-2H3,(H2,27,28,29). The molecule has 0 aliphatic rings. The molecule has 0 aliphatic heterocycles. The maximum absolute atomic E-state index is 12.3. The fourth-order valence-electron chi connectivity index (χ4n) is 3.95. The molecule has 0 aromatic carbocycles. The summed E-state index contributed by atoms with van der Waals surface area (Å²) < 4.78 is 25.3. The highest BCUT2D eigenvalue weighted by atomic mass is 31.2. The zero-order chi connectivity index (χ0) is 24.6. The third-order valence-corrected chi connectivity index (χ3v) is 6.35. The van der Waals surface area contributed by atoms with Gasteiger partial charge in [-0.15, -0.1) is 0 Å². The Kier molecular flexibility index (Phi) is 23.0. The molecule has 0 radical (unpaired) electrons. The van der Waals surface area contributed by atoms with Crippen molar-refractivity contribution in [3.63, 3.8) is 0 Å². The van der Waals surface area contributed by atoms with Crippen LogP contribution in [-0.2, 0) is 23.4 Å². The van der Waals surface area contributed by atoms with E-state index in [4.69, 9.17) is 19.3 Å². The van der Waals surface area contributed by atoms with E-state index in [-0.39, 0.29) is 38.3 Å². The maximum atomic E-state index is 12.3. The number of ether oxygens (including phenoxy) is 2. The first-order valence-electron chi connectivity index (χ1n) is 13.3. The molecule has 0 aromatic rings. The summed E-state index contributed by atoms with van der Waals surface area (Å²) in [5.41, 5.74) is 0. The number of hydrogen-bond acceptors (Lipinski definition) is 5. The third-order valence-electron chi connectivity index (χ3n) is 5.84. The molecule has 7 nitrogen and oxygen atoms in total. The number of hydrogen-bond donors (Lipinski definition) is 2. The number of rotatable bonds is 25. The van der Waals surface area contributed by atoms with E-state index < -0.39 is 7.82 Å². The molecule has 1 atom stereocenters. The molecule has 1 unspecified atom stereocenters. The van der Waals surface area contributed by atoms with E-state index in [0.29, 0.717) is 0 Å². The van der Waals surface area contributed by atoms with Gasteiger partial charge in [0.2, 0.25) is 0 Å². The lowest BCUT2D eigenvalue weighted by atomic mass is 9.96. The van der Waals surface area contributed by atoms with Gasteiger partial charge < -0.3 is 19.3 Å². The van der Waals surface area contributed by atoms with Gasteiger partial charge in [-0.2, -0.15) is 0 Å². The second-order valence-corrected chi connectivity index (χ2v) is 10.2.